The summed E-state index contributed by atoms with van der Waals surface area (Å²) < 4.78 is 1.93. The van der Waals surface area contributed by atoms with Gasteiger partial charge in [-0.05, 0) is 51.1 Å². The molecule has 6 nitrogen and oxygen atoms in total. The smallest absolute Gasteiger partial charge is 0.272 e. The van der Waals surface area contributed by atoms with Crippen molar-refractivity contribution in [2.45, 2.75) is 44.7 Å². The van der Waals surface area contributed by atoms with E-state index in [0.29, 0.717) is 17.7 Å². The van der Waals surface area contributed by atoms with Gasteiger partial charge in [0.05, 0.1) is 12.1 Å². The Morgan fingerprint density at radius 2 is 2.28 bits per heavy atom. The molecule has 1 saturated heterocycles. The van der Waals surface area contributed by atoms with Crippen molar-refractivity contribution in [2.24, 2.45) is 5.92 Å². The fraction of sp³-hybridized carbons (Fsp3) is 0.588. The SMILES string of the molecule is Cc1csc(C(NC(=O)c2ccn(C3CCCNC3)n2)C2CC2)n1.Cl. The minimum atomic E-state index is -0.0951. The van der Waals surface area contributed by atoms with Crippen LogP contribution in [0.5, 0.6) is 0 Å². The lowest BCUT2D eigenvalue weighted by molar-refractivity contribution is 0.0925. The van der Waals surface area contributed by atoms with Crippen molar-refractivity contribution in [3.8, 4) is 0 Å². The molecule has 4 rings (SSSR count). The normalized spacial score (nSPS) is 21.4. The summed E-state index contributed by atoms with van der Waals surface area (Å²) in [5.74, 6) is 0.423. The molecule has 1 saturated carbocycles. The molecule has 0 spiro atoms. The summed E-state index contributed by atoms with van der Waals surface area (Å²) in [5.41, 5.74) is 1.52. The first-order valence-electron chi connectivity index (χ1n) is 8.69. The molecule has 136 valence electrons. The van der Waals surface area contributed by atoms with Gasteiger partial charge in [-0.1, -0.05) is 0 Å². The number of aryl methyl sites for hydroxylation is 1. The Morgan fingerprint density at radius 1 is 1.44 bits per heavy atom. The number of hydrogen-bond acceptors (Lipinski definition) is 5. The first kappa shape index (κ1) is 18.4. The second-order valence-corrected chi connectivity index (χ2v) is 7.69. The molecule has 0 radical (unpaired) electrons. The summed E-state index contributed by atoms with van der Waals surface area (Å²) in [7, 11) is 0. The number of thiazole rings is 1. The van der Waals surface area contributed by atoms with Gasteiger partial charge in [-0.2, -0.15) is 5.10 Å². The highest BCUT2D eigenvalue weighted by molar-refractivity contribution is 7.09. The molecule has 1 aliphatic heterocycles. The van der Waals surface area contributed by atoms with Crippen LogP contribution in [-0.2, 0) is 0 Å². The number of carbonyl (C=O) groups excluding carboxylic acids is 1. The number of aromatic nitrogens is 3. The lowest BCUT2D eigenvalue weighted by atomic mass is 10.1. The van der Waals surface area contributed by atoms with Crippen LogP contribution in [0.2, 0.25) is 0 Å². The van der Waals surface area contributed by atoms with E-state index < -0.39 is 0 Å². The number of halogens is 1. The average Bonchev–Trinajstić information content (AvgIpc) is 3.15. The van der Waals surface area contributed by atoms with Crippen molar-refractivity contribution in [1.82, 2.24) is 25.4 Å². The second-order valence-electron chi connectivity index (χ2n) is 6.80. The van der Waals surface area contributed by atoms with Crippen LogP contribution >= 0.6 is 23.7 Å². The zero-order valence-corrected chi connectivity index (χ0v) is 15.9. The highest BCUT2D eigenvalue weighted by Crippen LogP contribution is 2.41. The topological polar surface area (TPSA) is 71.8 Å². The number of hydrogen-bond donors (Lipinski definition) is 2. The molecule has 2 aliphatic rings. The van der Waals surface area contributed by atoms with Gasteiger partial charge in [0.2, 0.25) is 0 Å². The van der Waals surface area contributed by atoms with E-state index in [9.17, 15) is 4.79 Å². The molecule has 1 amide bonds. The molecule has 2 N–H and O–H groups in total. The Hall–Kier alpha value is -1.44. The van der Waals surface area contributed by atoms with Crippen molar-refractivity contribution in [3.63, 3.8) is 0 Å². The summed E-state index contributed by atoms with van der Waals surface area (Å²) in [6.07, 6.45) is 6.50. The predicted octanol–water partition coefficient (Wildman–Crippen LogP) is 2.88. The van der Waals surface area contributed by atoms with Crippen LogP contribution in [0.15, 0.2) is 17.6 Å². The molecule has 2 atom stereocenters. The van der Waals surface area contributed by atoms with Crippen LogP contribution in [-0.4, -0.2) is 33.8 Å². The Balaban J connectivity index is 0.00000182. The lowest BCUT2D eigenvalue weighted by Crippen LogP contribution is -2.33. The van der Waals surface area contributed by atoms with E-state index in [1.54, 1.807) is 11.3 Å². The molecule has 2 fully saturated rings. The predicted molar refractivity (Wildman–Crippen MR) is 100 cm³/mol. The van der Waals surface area contributed by atoms with Crippen LogP contribution in [0, 0.1) is 12.8 Å². The van der Waals surface area contributed by atoms with E-state index >= 15 is 0 Å². The van der Waals surface area contributed by atoms with E-state index in [4.69, 9.17) is 0 Å². The van der Waals surface area contributed by atoms with Gasteiger partial charge in [-0.3, -0.25) is 9.48 Å². The van der Waals surface area contributed by atoms with Crippen molar-refractivity contribution in [2.75, 3.05) is 13.1 Å². The number of nitrogens with zero attached hydrogens (tertiary/aromatic N) is 3. The zero-order valence-electron chi connectivity index (χ0n) is 14.3. The molecule has 0 aromatic carbocycles. The highest BCUT2D eigenvalue weighted by atomic mass is 35.5. The van der Waals surface area contributed by atoms with Crippen molar-refractivity contribution in [1.29, 1.82) is 0 Å². The van der Waals surface area contributed by atoms with Gasteiger partial charge in [0.25, 0.3) is 5.91 Å². The molecule has 25 heavy (non-hydrogen) atoms. The van der Waals surface area contributed by atoms with Crippen LogP contribution in [0.25, 0.3) is 0 Å². The summed E-state index contributed by atoms with van der Waals surface area (Å²) in [6, 6.07) is 2.19. The van der Waals surface area contributed by atoms with E-state index in [2.05, 4.69) is 20.7 Å². The van der Waals surface area contributed by atoms with Crippen LogP contribution in [0.4, 0.5) is 0 Å². The third kappa shape index (κ3) is 4.22. The molecule has 1 aliphatic carbocycles. The molecule has 3 heterocycles. The Bertz CT molecular complexity index is 720. The Morgan fingerprint density at radius 3 is 2.92 bits per heavy atom. The van der Waals surface area contributed by atoms with E-state index in [-0.39, 0.29) is 24.4 Å². The molecule has 2 aromatic rings. The minimum Gasteiger partial charge on any atom is -0.341 e. The largest absolute Gasteiger partial charge is 0.341 e. The van der Waals surface area contributed by atoms with Crippen molar-refractivity contribution < 1.29 is 4.79 Å². The summed E-state index contributed by atoms with van der Waals surface area (Å²) in [4.78, 5) is 17.2. The third-order valence-electron chi connectivity index (χ3n) is 4.77. The number of rotatable bonds is 5. The minimum absolute atomic E-state index is 0. The van der Waals surface area contributed by atoms with Crippen LogP contribution < -0.4 is 10.6 Å². The van der Waals surface area contributed by atoms with E-state index in [1.807, 2.05) is 29.2 Å². The quantitative estimate of drug-likeness (QED) is 0.835. The fourth-order valence-electron chi connectivity index (χ4n) is 3.26. The standard InChI is InChI=1S/C17H23N5OS.ClH/c1-11-10-24-17(19-11)15(12-4-5-12)20-16(23)14-6-8-22(21-14)13-3-2-7-18-9-13;/h6,8,10,12-13,15,18H,2-5,7,9H2,1H3,(H,20,23);1H. The summed E-state index contributed by atoms with van der Waals surface area (Å²) in [5, 5.41) is 14.1. The van der Waals surface area contributed by atoms with Crippen molar-refractivity contribution in [3.05, 3.63) is 34.0 Å². The van der Waals surface area contributed by atoms with Gasteiger partial charge >= 0.3 is 0 Å². The number of carbonyl (C=O) groups is 1. The molecule has 8 heteroatoms. The summed E-state index contributed by atoms with van der Waals surface area (Å²) in [6.45, 7) is 3.99. The molecular formula is C17H24ClN5OS. The second kappa shape index (κ2) is 7.85. The number of amides is 1. The van der Waals surface area contributed by atoms with Crippen molar-refractivity contribution >= 4 is 29.7 Å². The van der Waals surface area contributed by atoms with Gasteiger partial charge in [-0.15, -0.1) is 23.7 Å². The summed E-state index contributed by atoms with van der Waals surface area (Å²) >= 11 is 1.63. The first-order chi connectivity index (χ1) is 11.7. The highest BCUT2D eigenvalue weighted by Gasteiger charge is 2.35. The maximum absolute atomic E-state index is 12.6. The van der Waals surface area contributed by atoms with Gasteiger partial charge in [0, 0.05) is 23.8 Å². The number of nitrogens with one attached hydrogen (secondary N) is 2. The van der Waals surface area contributed by atoms with Gasteiger partial charge in [0.1, 0.15) is 10.7 Å². The van der Waals surface area contributed by atoms with E-state index in [1.165, 1.54) is 0 Å². The third-order valence-corrected chi connectivity index (χ3v) is 5.81. The van der Waals surface area contributed by atoms with Gasteiger partial charge in [0.15, 0.2) is 0 Å². The fourth-order valence-corrected chi connectivity index (χ4v) is 4.20. The maximum Gasteiger partial charge on any atom is 0.272 e. The maximum atomic E-state index is 12.6. The molecular weight excluding hydrogens is 358 g/mol. The van der Waals surface area contributed by atoms with E-state index in [0.717, 1.165) is 49.5 Å². The first-order valence-corrected chi connectivity index (χ1v) is 9.57. The molecule has 2 aromatic heterocycles. The van der Waals surface area contributed by atoms with Crippen LogP contribution in [0.1, 0.15) is 59.0 Å². The average molecular weight is 382 g/mol. The Kier molecular flexibility index (Phi) is 5.76. The Labute approximate surface area is 157 Å². The van der Waals surface area contributed by atoms with Gasteiger partial charge < -0.3 is 10.6 Å². The molecule has 0 bridgehead atoms. The number of piperidine rings is 1. The lowest BCUT2D eigenvalue weighted by Gasteiger charge is -2.23. The van der Waals surface area contributed by atoms with Gasteiger partial charge in [-0.25, -0.2) is 4.98 Å². The van der Waals surface area contributed by atoms with Crippen LogP contribution in [0.3, 0.4) is 0 Å². The monoisotopic (exact) mass is 381 g/mol. The molecule has 2 unspecified atom stereocenters. The zero-order chi connectivity index (χ0) is 16.5.